The maximum atomic E-state index is 14.0. The smallest absolute Gasteiger partial charge is 0.509 e. The number of hydrogen-bond donors (Lipinski definition) is 2. The van der Waals surface area contributed by atoms with Crippen LogP contribution in [0, 0.1) is 5.82 Å². The molecule has 0 aliphatic heterocycles. The maximum absolute atomic E-state index is 14.0. The van der Waals surface area contributed by atoms with Crippen LogP contribution < -0.4 is 9.55 Å². The molecular formula is C10H14BClFNO3. The molecule has 94 valence electrons. The van der Waals surface area contributed by atoms with Gasteiger partial charge in [0.2, 0.25) is 0 Å². The molecule has 0 bridgehead atoms. The molecule has 0 saturated heterocycles. The second-order valence-corrected chi connectivity index (χ2v) is 3.73. The van der Waals surface area contributed by atoms with Crippen molar-refractivity contribution in [2.45, 2.75) is 13.8 Å². The molecule has 0 aromatic heterocycles. The fraction of sp³-hybridized carbons (Fsp3) is 0.400. The van der Waals surface area contributed by atoms with Gasteiger partial charge in [-0.15, -0.1) is 0 Å². The number of benzene rings is 1. The van der Waals surface area contributed by atoms with E-state index in [9.17, 15) is 4.39 Å². The summed E-state index contributed by atoms with van der Waals surface area (Å²) in [5.41, 5.74) is 0.204. The quantitative estimate of drug-likeness (QED) is 0.792. The zero-order valence-electron chi connectivity index (χ0n) is 9.65. The van der Waals surface area contributed by atoms with Crippen LogP contribution in [-0.4, -0.2) is 30.5 Å². The van der Waals surface area contributed by atoms with Crippen LogP contribution in [0.5, 0.6) is 5.75 Å². The summed E-state index contributed by atoms with van der Waals surface area (Å²) in [6.45, 7) is 4.90. The summed E-state index contributed by atoms with van der Waals surface area (Å²) in [5, 5.41) is 17.6. The zero-order valence-corrected chi connectivity index (χ0v) is 10.4. The molecule has 0 fully saturated rings. The van der Waals surface area contributed by atoms with Gasteiger partial charge in [-0.2, -0.15) is 0 Å². The van der Waals surface area contributed by atoms with Gasteiger partial charge < -0.3 is 19.6 Å². The molecule has 2 N–H and O–H groups in total. The van der Waals surface area contributed by atoms with Crippen LogP contribution in [0.25, 0.3) is 0 Å². The number of nitrogens with zero attached hydrogens (tertiary/aromatic N) is 1. The molecule has 1 rings (SSSR count). The number of anilines is 1. The molecule has 0 amide bonds. The first kappa shape index (κ1) is 14.1. The van der Waals surface area contributed by atoms with Crippen LogP contribution in [0.1, 0.15) is 13.8 Å². The fourth-order valence-corrected chi connectivity index (χ4v) is 1.82. The summed E-state index contributed by atoms with van der Waals surface area (Å²) < 4.78 is 18.6. The van der Waals surface area contributed by atoms with Gasteiger partial charge in [0.15, 0.2) is 5.82 Å². The molecule has 0 spiro atoms. The van der Waals surface area contributed by atoms with Crippen molar-refractivity contribution in [2.24, 2.45) is 0 Å². The van der Waals surface area contributed by atoms with E-state index in [1.165, 1.54) is 12.1 Å². The van der Waals surface area contributed by atoms with E-state index >= 15 is 0 Å². The Morgan fingerprint density at radius 3 is 2.41 bits per heavy atom. The molecule has 0 radical (unpaired) electrons. The summed E-state index contributed by atoms with van der Waals surface area (Å²) in [4.78, 5) is 1.72. The first-order chi connectivity index (χ1) is 8.01. The second-order valence-electron chi connectivity index (χ2n) is 3.32. The van der Waals surface area contributed by atoms with Crippen LogP contribution in [0.2, 0.25) is 5.02 Å². The Labute approximate surface area is 105 Å². The van der Waals surface area contributed by atoms with Crippen LogP contribution >= 0.6 is 11.6 Å². The van der Waals surface area contributed by atoms with Gasteiger partial charge in [0, 0.05) is 13.1 Å². The van der Waals surface area contributed by atoms with Gasteiger partial charge in [0.1, 0.15) is 5.75 Å². The predicted octanol–water partition coefficient (Wildman–Crippen LogP) is 1.67. The fourth-order valence-electron chi connectivity index (χ4n) is 1.56. The number of rotatable bonds is 5. The normalized spacial score (nSPS) is 10.2. The second kappa shape index (κ2) is 6.09. The van der Waals surface area contributed by atoms with E-state index in [1.54, 1.807) is 4.90 Å². The van der Waals surface area contributed by atoms with Gasteiger partial charge in [0.05, 0.1) is 10.7 Å². The predicted molar refractivity (Wildman–Crippen MR) is 65.8 cm³/mol. The Balaban J connectivity index is 3.19. The minimum Gasteiger partial charge on any atom is -0.509 e. The van der Waals surface area contributed by atoms with Crippen LogP contribution in [0.15, 0.2) is 12.1 Å². The van der Waals surface area contributed by atoms with Crippen LogP contribution in [-0.2, 0) is 0 Å². The van der Waals surface area contributed by atoms with E-state index in [1.807, 2.05) is 13.8 Å². The summed E-state index contributed by atoms with van der Waals surface area (Å²) in [5.74, 6) is -0.944. The summed E-state index contributed by atoms with van der Waals surface area (Å²) in [7, 11) is -2.06. The van der Waals surface area contributed by atoms with Gasteiger partial charge in [-0.25, -0.2) is 4.39 Å². The standard InChI is InChI=1S/C10H14BClFNO3/c1-3-14(4-2)10-7(12)5-6-8(9(10)13)17-11(15)16/h5-6,15-16H,3-4H2,1-2H3. The molecule has 17 heavy (non-hydrogen) atoms. The van der Waals surface area contributed by atoms with Crippen molar-refractivity contribution in [1.29, 1.82) is 0 Å². The molecule has 0 atom stereocenters. The highest BCUT2D eigenvalue weighted by Gasteiger charge is 2.21. The van der Waals surface area contributed by atoms with Crippen molar-refractivity contribution in [3.8, 4) is 5.75 Å². The average Bonchev–Trinajstić information content (AvgIpc) is 2.28. The lowest BCUT2D eigenvalue weighted by atomic mass is 10.2. The first-order valence-electron chi connectivity index (χ1n) is 5.27. The molecule has 0 aliphatic carbocycles. The molecule has 4 nitrogen and oxygen atoms in total. The molecule has 7 heteroatoms. The monoisotopic (exact) mass is 261 g/mol. The van der Waals surface area contributed by atoms with E-state index in [0.29, 0.717) is 13.1 Å². The van der Waals surface area contributed by atoms with Crippen molar-refractivity contribution >= 4 is 24.6 Å². The van der Waals surface area contributed by atoms with Gasteiger partial charge >= 0.3 is 7.32 Å². The summed E-state index contributed by atoms with van der Waals surface area (Å²) >= 11 is 5.93. The van der Waals surface area contributed by atoms with E-state index in [4.69, 9.17) is 21.6 Å². The van der Waals surface area contributed by atoms with Gasteiger partial charge in [-0.1, -0.05) is 11.6 Å². The van der Waals surface area contributed by atoms with Gasteiger partial charge in [-0.3, -0.25) is 0 Å². The van der Waals surface area contributed by atoms with Crippen molar-refractivity contribution in [3.63, 3.8) is 0 Å². The lowest BCUT2D eigenvalue weighted by molar-refractivity contribution is 0.282. The molecule has 0 unspecified atom stereocenters. The summed E-state index contributed by atoms with van der Waals surface area (Å²) in [6.07, 6.45) is 0. The van der Waals surface area contributed by atoms with Crippen LogP contribution in [0.3, 0.4) is 0 Å². The summed E-state index contributed by atoms with van der Waals surface area (Å²) in [6, 6.07) is 2.71. The van der Waals surface area contributed by atoms with E-state index in [-0.39, 0.29) is 16.5 Å². The lowest BCUT2D eigenvalue weighted by Crippen LogP contribution is -2.25. The Bertz CT molecular complexity index is 388. The van der Waals surface area contributed by atoms with Crippen molar-refractivity contribution in [1.82, 2.24) is 0 Å². The van der Waals surface area contributed by atoms with E-state index in [2.05, 4.69) is 4.65 Å². The molecule has 0 aliphatic rings. The largest absolute Gasteiger partial charge is 0.707 e. The Morgan fingerprint density at radius 1 is 1.35 bits per heavy atom. The van der Waals surface area contributed by atoms with E-state index < -0.39 is 13.1 Å². The van der Waals surface area contributed by atoms with Crippen molar-refractivity contribution in [3.05, 3.63) is 23.0 Å². The third kappa shape index (κ3) is 3.25. The minimum atomic E-state index is -2.06. The highest BCUT2D eigenvalue weighted by atomic mass is 35.5. The topological polar surface area (TPSA) is 52.9 Å². The third-order valence-electron chi connectivity index (χ3n) is 2.34. The maximum Gasteiger partial charge on any atom is 0.707 e. The lowest BCUT2D eigenvalue weighted by Gasteiger charge is -2.23. The first-order valence-corrected chi connectivity index (χ1v) is 5.64. The Morgan fingerprint density at radius 2 is 1.94 bits per heavy atom. The van der Waals surface area contributed by atoms with Crippen molar-refractivity contribution < 1.29 is 19.1 Å². The highest BCUT2D eigenvalue weighted by molar-refractivity contribution is 6.34. The molecule has 0 saturated carbocycles. The minimum absolute atomic E-state index is 0.204. The number of hydrogen-bond acceptors (Lipinski definition) is 4. The molecule has 0 heterocycles. The highest BCUT2D eigenvalue weighted by Crippen LogP contribution is 2.34. The Kier molecular flexibility index (Phi) is 5.05. The Hall–Kier alpha value is -0.975. The molecule has 1 aromatic rings. The third-order valence-corrected chi connectivity index (χ3v) is 2.65. The molecule has 1 aromatic carbocycles. The average molecular weight is 261 g/mol. The van der Waals surface area contributed by atoms with Gasteiger partial charge in [-0.05, 0) is 26.0 Å². The molecular weight excluding hydrogens is 247 g/mol. The van der Waals surface area contributed by atoms with Crippen molar-refractivity contribution in [2.75, 3.05) is 18.0 Å². The van der Waals surface area contributed by atoms with Gasteiger partial charge in [0.25, 0.3) is 0 Å². The van der Waals surface area contributed by atoms with E-state index in [0.717, 1.165) is 0 Å². The zero-order chi connectivity index (χ0) is 13.0. The number of halogens is 2. The SMILES string of the molecule is CCN(CC)c1c(Cl)ccc(OB(O)O)c1F. The van der Waals surface area contributed by atoms with Crippen LogP contribution in [0.4, 0.5) is 10.1 Å².